The van der Waals surface area contributed by atoms with Crippen molar-refractivity contribution < 1.29 is 23.8 Å². The van der Waals surface area contributed by atoms with Gasteiger partial charge in [0, 0.05) is 24.7 Å². The van der Waals surface area contributed by atoms with Crippen molar-refractivity contribution in [2.45, 2.75) is 90.1 Å². The maximum absolute atomic E-state index is 13.2. The summed E-state index contributed by atoms with van der Waals surface area (Å²) in [4.78, 5) is 25.7. The van der Waals surface area contributed by atoms with Crippen molar-refractivity contribution in [3.63, 3.8) is 0 Å². The summed E-state index contributed by atoms with van der Waals surface area (Å²) in [5.74, 6) is 1.30. The lowest BCUT2D eigenvalue weighted by molar-refractivity contribution is -0.165. The summed E-state index contributed by atoms with van der Waals surface area (Å²) in [5, 5.41) is 0. The minimum Gasteiger partial charge on any atom is -0.462 e. The van der Waals surface area contributed by atoms with Gasteiger partial charge < -0.3 is 14.2 Å². The minimum atomic E-state index is -0.927. The normalized spacial score (nSPS) is 47.0. The van der Waals surface area contributed by atoms with E-state index in [-0.39, 0.29) is 47.8 Å². The van der Waals surface area contributed by atoms with Crippen LogP contribution in [0.25, 0.3) is 0 Å². The number of ketones is 1. The van der Waals surface area contributed by atoms with Gasteiger partial charge in [0.1, 0.15) is 11.7 Å². The lowest BCUT2D eigenvalue weighted by Crippen LogP contribution is -2.54. The van der Waals surface area contributed by atoms with E-state index in [0.717, 1.165) is 24.8 Å². The number of fused-ring (bicyclic) bond motifs is 2. The maximum Gasteiger partial charge on any atom is 0.306 e. The van der Waals surface area contributed by atoms with Crippen LogP contribution in [0.4, 0.5) is 0 Å². The zero-order valence-corrected chi connectivity index (χ0v) is 18.3. The number of hydrogen-bond donors (Lipinski definition) is 0. The van der Waals surface area contributed by atoms with Gasteiger partial charge in [-0.3, -0.25) is 9.59 Å². The predicted molar refractivity (Wildman–Crippen MR) is 109 cm³/mol. The number of carbonyl (C=O) groups is 2. The van der Waals surface area contributed by atoms with Crippen LogP contribution in [0, 0.1) is 29.6 Å². The summed E-state index contributed by atoms with van der Waals surface area (Å²) < 4.78 is 19.1. The third-order valence-corrected chi connectivity index (χ3v) is 8.01. The summed E-state index contributed by atoms with van der Waals surface area (Å²) in [7, 11) is 0. The van der Waals surface area contributed by atoms with Gasteiger partial charge in [-0.05, 0) is 50.4 Å². The third kappa shape index (κ3) is 3.48. The lowest BCUT2D eigenvalue weighted by atomic mass is 9.59. The molecule has 0 radical (unpaired) electrons. The molecule has 162 valence electrons. The standard InChI is InChI=1S/C24H36O5/c1-6-7-19(26)29-22-14(3)11-16-15(4)12-27-24(5)18(25)9-8-13(2)10-17-21(22)20(16)23(24)28-17/h14-17,20-23H,2,6-12H2,1,3-5H3/t14-,15+,16+,17+,20+,21+,22-,23+,24+/m1/s1. The Balaban J connectivity index is 1.77. The summed E-state index contributed by atoms with van der Waals surface area (Å²) in [6.07, 6.45) is 3.58. The second-order valence-corrected chi connectivity index (χ2v) is 10.1. The Hall–Kier alpha value is -1.20. The van der Waals surface area contributed by atoms with E-state index < -0.39 is 5.60 Å². The maximum atomic E-state index is 13.2. The van der Waals surface area contributed by atoms with Gasteiger partial charge in [-0.25, -0.2) is 0 Å². The molecule has 1 aliphatic carbocycles. The number of hydrogen-bond acceptors (Lipinski definition) is 5. The highest BCUT2D eigenvalue weighted by Gasteiger charge is 2.64. The summed E-state index contributed by atoms with van der Waals surface area (Å²) in [5.41, 5.74) is 0.122. The topological polar surface area (TPSA) is 61.8 Å². The van der Waals surface area contributed by atoms with Gasteiger partial charge in [0.15, 0.2) is 5.78 Å². The van der Waals surface area contributed by atoms with Crippen LogP contribution in [-0.4, -0.2) is 42.3 Å². The van der Waals surface area contributed by atoms with Crippen molar-refractivity contribution in [1.29, 1.82) is 0 Å². The average molecular weight is 405 g/mol. The zero-order chi connectivity index (χ0) is 20.9. The molecule has 3 aliphatic heterocycles. The molecule has 4 aliphatic rings. The van der Waals surface area contributed by atoms with Crippen LogP contribution < -0.4 is 0 Å². The van der Waals surface area contributed by atoms with E-state index >= 15 is 0 Å². The minimum absolute atomic E-state index is 0.0682. The molecule has 0 amide bonds. The van der Waals surface area contributed by atoms with Crippen LogP contribution >= 0.6 is 0 Å². The Morgan fingerprint density at radius 1 is 1.24 bits per heavy atom. The fourth-order valence-electron chi connectivity index (χ4n) is 6.44. The second-order valence-electron chi connectivity index (χ2n) is 10.1. The van der Waals surface area contributed by atoms with Gasteiger partial charge in [0.2, 0.25) is 0 Å². The third-order valence-electron chi connectivity index (χ3n) is 8.01. The smallest absolute Gasteiger partial charge is 0.306 e. The largest absolute Gasteiger partial charge is 0.462 e. The Morgan fingerprint density at radius 3 is 2.72 bits per heavy atom. The van der Waals surface area contributed by atoms with Crippen LogP contribution in [0.2, 0.25) is 0 Å². The number of rotatable bonds is 3. The fraction of sp³-hybridized carbons (Fsp3) is 0.833. The molecular weight excluding hydrogens is 368 g/mol. The number of ether oxygens (including phenoxy) is 3. The molecule has 4 rings (SSSR count). The first-order valence-electron chi connectivity index (χ1n) is 11.4. The Labute approximate surface area is 174 Å². The molecule has 0 unspecified atom stereocenters. The molecule has 3 heterocycles. The summed E-state index contributed by atoms with van der Waals surface area (Å²) in [6, 6.07) is 0. The quantitative estimate of drug-likeness (QED) is 0.524. The molecule has 0 N–H and O–H groups in total. The number of Topliss-reactive ketones (excluding diaryl/α,β-unsaturated/α-hetero) is 1. The van der Waals surface area contributed by atoms with Crippen molar-refractivity contribution in [2.75, 3.05) is 6.61 Å². The van der Waals surface area contributed by atoms with Crippen molar-refractivity contribution in [1.82, 2.24) is 0 Å². The molecule has 2 bridgehead atoms. The molecule has 5 nitrogen and oxygen atoms in total. The van der Waals surface area contributed by atoms with E-state index in [2.05, 4.69) is 20.4 Å². The number of carbonyl (C=O) groups excluding carboxylic acids is 2. The van der Waals surface area contributed by atoms with Gasteiger partial charge in [0.25, 0.3) is 0 Å². The molecule has 5 heteroatoms. The average Bonchev–Trinajstić information content (AvgIpc) is 3.02. The highest BCUT2D eigenvalue weighted by Crippen LogP contribution is 2.57. The molecule has 29 heavy (non-hydrogen) atoms. The molecular formula is C24H36O5. The van der Waals surface area contributed by atoms with Crippen LogP contribution in [0.1, 0.15) is 66.2 Å². The zero-order valence-electron chi connectivity index (χ0n) is 18.3. The van der Waals surface area contributed by atoms with Gasteiger partial charge in [-0.15, -0.1) is 0 Å². The van der Waals surface area contributed by atoms with Crippen molar-refractivity contribution in [2.24, 2.45) is 29.6 Å². The van der Waals surface area contributed by atoms with Crippen LogP contribution in [0.5, 0.6) is 0 Å². The Morgan fingerprint density at radius 2 is 2.00 bits per heavy atom. The molecule has 0 aromatic carbocycles. The van der Waals surface area contributed by atoms with Gasteiger partial charge in [-0.1, -0.05) is 32.9 Å². The first-order valence-corrected chi connectivity index (χ1v) is 11.4. The first-order chi connectivity index (χ1) is 13.8. The van der Waals surface area contributed by atoms with E-state index in [0.29, 0.717) is 37.7 Å². The van der Waals surface area contributed by atoms with Crippen molar-refractivity contribution in [3.8, 4) is 0 Å². The highest BCUT2D eigenvalue weighted by molar-refractivity contribution is 5.88. The Bertz CT molecular complexity index is 687. The summed E-state index contributed by atoms with van der Waals surface area (Å²) in [6.45, 7) is 13.2. The SMILES string of the molecule is C=C1CCC(=O)[C@]2(C)OC[C@H](C)[C@@H]3C[C@@H](C)[C@@H](OC(=O)CCC)[C@@H]4[C@H]3[C@@H]2O[C@H]4C1. The predicted octanol–water partition coefficient (Wildman–Crippen LogP) is 4.09. The van der Waals surface area contributed by atoms with Crippen LogP contribution in [0.3, 0.4) is 0 Å². The van der Waals surface area contributed by atoms with Gasteiger partial charge >= 0.3 is 5.97 Å². The lowest BCUT2D eigenvalue weighted by Gasteiger charge is -2.46. The van der Waals surface area contributed by atoms with E-state index in [1.54, 1.807) is 0 Å². The monoisotopic (exact) mass is 404 g/mol. The number of esters is 1. The van der Waals surface area contributed by atoms with Crippen LogP contribution in [0.15, 0.2) is 12.2 Å². The summed E-state index contributed by atoms with van der Waals surface area (Å²) >= 11 is 0. The van der Waals surface area contributed by atoms with E-state index in [1.165, 1.54) is 0 Å². The van der Waals surface area contributed by atoms with Gasteiger partial charge in [-0.2, -0.15) is 0 Å². The van der Waals surface area contributed by atoms with Gasteiger partial charge in [0.05, 0.1) is 18.8 Å². The van der Waals surface area contributed by atoms with Crippen LogP contribution in [-0.2, 0) is 23.8 Å². The fourth-order valence-corrected chi connectivity index (χ4v) is 6.44. The molecule has 0 aromatic heterocycles. The Kier molecular flexibility index (Phi) is 5.67. The molecule has 4 fully saturated rings. The molecule has 1 saturated carbocycles. The van der Waals surface area contributed by atoms with E-state index in [9.17, 15) is 9.59 Å². The molecule has 0 spiro atoms. The molecule has 9 atom stereocenters. The second kappa shape index (κ2) is 7.81. The highest BCUT2D eigenvalue weighted by atomic mass is 16.6. The first kappa shape index (κ1) is 21.0. The molecule has 3 saturated heterocycles. The van der Waals surface area contributed by atoms with Crippen molar-refractivity contribution >= 4 is 11.8 Å². The molecule has 0 aromatic rings. The van der Waals surface area contributed by atoms with E-state index in [1.807, 2.05) is 13.8 Å². The van der Waals surface area contributed by atoms with E-state index in [4.69, 9.17) is 14.2 Å². The van der Waals surface area contributed by atoms with Crippen molar-refractivity contribution in [3.05, 3.63) is 12.2 Å².